The number of piperidine rings is 1. The van der Waals surface area contributed by atoms with Crippen LogP contribution in [0.3, 0.4) is 0 Å². The maximum Gasteiger partial charge on any atom is 0.257 e. The highest BCUT2D eigenvalue weighted by molar-refractivity contribution is 7.90. The lowest BCUT2D eigenvalue weighted by molar-refractivity contribution is -0.114. The molecule has 8 nitrogen and oxygen atoms in total. The molecule has 0 atom stereocenters. The van der Waals surface area contributed by atoms with Gasteiger partial charge in [-0.2, -0.15) is 0 Å². The molecule has 1 aromatic carbocycles. The highest BCUT2D eigenvalue weighted by Crippen LogP contribution is 2.28. The average molecular weight is 491 g/mol. The maximum atomic E-state index is 12.1. The van der Waals surface area contributed by atoms with Gasteiger partial charge in [0.15, 0.2) is 0 Å². The third kappa shape index (κ3) is 10.7. The summed E-state index contributed by atoms with van der Waals surface area (Å²) in [6.45, 7) is 4.65. The molecule has 0 saturated carbocycles. The van der Waals surface area contributed by atoms with Crippen molar-refractivity contribution in [2.45, 2.75) is 45.1 Å². The van der Waals surface area contributed by atoms with E-state index in [9.17, 15) is 13.2 Å². The quantitative estimate of drug-likeness (QED) is 0.323. The number of unbranched alkanes of at least 4 members (excludes halogenated alkanes) is 2. The fourth-order valence-electron chi connectivity index (χ4n) is 3.13. The third-order valence-electron chi connectivity index (χ3n) is 4.81. The summed E-state index contributed by atoms with van der Waals surface area (Å²) in [6.07, 6.45) is 6.86. The summed E-state index contributed by atoms with van der Waals surface area (Å²) >= 11 is 0. The van der Waals surface area contributed by atoms with Crippen LogP contribution in [0.4, 0.5) is 0 Å². The Kier molecular flexibility index (Phi) is 13.3. The first-order valence-electron chi connectivity index (χ1n) is 10.8. The van der Waals surface area contributed by atoms with Crippen molar-refractivity contribution in [1.82, 2.24) is 10.0 Å². The van der Waals surface area contributed by atoms with E-state index >= 15 is 0 Å². The van der Waals surface area contributed by atoms with Crippen molar-refractivity contribution in [2.75, 3.05) is 39.2 Å². The predicted molar refractivity (Wildman–Crippen MR) is 128 cm³/mol. The second kappa shape index (κ2) is 15.1. The summed E-state index contributed by atoms with van der Waals surface area (Å²) in [5, 5.41) is 3.30. The van der Waals surface area contributed by atoms with Gasteiger partial charge in [-0.3, -0.25) is 4.79 Å². The minimum absolute atomic E-state index is 0. The minimum atomic E-state index is -3.63. The number of sulfonamides is 1. The highest BCUT2D eigenvalue weighted by Gasteiger charge is 2.17. The van der Waals surface area contributed by atoms with Crippen LogP contribution >= 0.6 is 12.4 Å². The van der Waals surface area contributed by atoms with Gasteiger partial charge in [-0.15, -0.1) is 12.4 Å². The van der Waals surface area contributed by atoms with E-state index in [-0.39, 0.29) is 24.3 Å². The Labute approximate surface area is 197 Å². The van der Waals surface area contributed by atoms with Crippen molar-refractivity contribution >= 4 is 34.4 Å². The standard InChI is InChI=1S/C22H34N2O6S.ClH/c1-3-4-5-16-31(26,27)24-22(25)9-7-18-6-8-20(29-15-14-28-2)17-21(18)30-19-10-12-23-13-11-19;/h6-9,17,19,23H,3-5,10-16H2,1-2H3,(H,24,25);1H. The van der Waals surface area contributed by atoms with Gasteiger partial charge in [0, 0.05) is 24.8 Å². The van der Waals surface area contributed by atoms with Crippen LogP contribution in [0.25, 0.3) is 6.08 Å². The van der Waals surface area contributed by atoms with Crippen LogP contribution in [0.2, 0.25) is 0 Å². The van der Waals surface area contributed by atoms with Gasteiger partial charge >= 0.3 is 0 Å². The van der Waals surface area contributed by atoms with Crippen LogP contribution in [0.15, 0.2) is 24.3 Å². The van der Waals surface area contributed by atoms with Gasteiger partial charge in [0.1, 0.15) is 24.2 Å². The molecule has 0 unspecified atom stereocenters. The molecule has 1 heterocycles. The summed E-state index contributed by atoms with van der Waals surface area (Å²) in [4.78, 5) is 12.1. The molecule has 0 radical (unpaired) electrons. The SMILES string of the molecule is CCCCCS(=O)(=O)NC(=O)C=Cc1ccc(OCCOC)cc1OC1CCNCC1.Cl. The lowest BCUT2D eigenvalue weighted by Gasteiger charge is -2.25. The number of amides is 1. The van der Waals surface area contributed by atoms with Crippen molar-refractivity contribution in [2.24, 2.45) is 0 Å². The number of ether oxygens (including phenoxy) is 3. The van der Waals surface area contributed by atoms with Crippen molar-refractivity contribution in [3.63, 3.8) is 0 Å². The summed E-state index contributed by atoms with van der Waals surface area (Å²) in [5.41, 5.74) is 0.677. The molecular formula is C22H35ClN2O6S. The van der Waals surface area contributed by atoms with E-state index in [0.717, 1.165) is 38.8 Å². The lowest BCUT2D eigenvalue weighted by atomic mass is 10.1. The molecule has 32 heavy (non-hydrogen) atoms. The summed E-state index contributed by atoms with van der Waals surface area (Å²) in [7, 11) is -2.02. The van der Waals surface area contributed by atoms with Crippen LogP contribution in [0.1, 0.15) is 44.6 Å². The van der Waals surface area contributed by atoms with Gasteiger partial charge < -0.3 is 19.5 Å². The number of carbonyl (C=O) groups excluding carboxylic acids is 1. The summed E-state index contributed by atoms with van der Waals surface area (Å²) in [5.74, 6) is 0.500. The molecule has 1 saturated heterocycles. The molecule has 0 aromatic heterocycles. The van der Waals surface area contributed by atoms with E-state index < -0.39 is 15.9 Å². The van der Waals surface area contributed by atoms with Gasteiger partial charge in [-0.05, 0) is 50.6 Å². The Morgan fingerprint density at radius 3 is 2.66 bits per heavy atom. The van der Waals surface area contributed by atoms with Crippen molar-refractivity contribution in [3.05, 3.63) is 29.8 Å². The molecule has 1 amide bonds. The molecular weight excluding hydrogens is 456 g/mol. The second-order valence-corrected chi connectivity index (χ2v) is 9.28. The first-order chi connectivity index (χ1) is 14.9. The number of benzene rings is 1. The number of hydrogen-bond acceptors (Lipinski definition) is 7. The molecule has 0 bridgehead atoms. The Morgan fingerprint density at radius 1 is 1.22 bits per heavy atom. The number of hydrogen-bond donors (Lipinski definition) is 2. The zero-order valence-corrected chi connectivity index (χ0v) is 20.4. The zero-order chi connectivity index (χ0) is 22.5. The van der Waals surface area contributed by atoms with E-state index in [1.807, 2.05) is 6.92 Å². The largest absolute Gasteiger partial charge is 0.491 e. The number of halogens is 1. The number of carbonyl (C=O) groups is 1. The van der Waals surface area contributed by atoms with Crippen molar-refractivity contribution in [3.8, 4) is 11.5 Å². The zero-order valence-electron chi connectivity index (χ0n) is 18.8. The van der Waals surface area contributed by atoms with Gasteiger partial charge in [-0.25, -0.2) is 13.1 Å². The third-order valence-corrected chi connectivity index (χ3v) is 6.15. The molecule has 10 heteroatoms. The normalized spacial score (nSPS) is 14.7. The first-order valence-corrected chi connectivity index (χ1v) is 12.4. The Morgan fingerprint density at radius 2 is 1.97 bits per heavy atom. The minimum Gasteiger partial charge on any atom is -0.491 e. The lowest BCUT2D eigenvalue weighted by Crippen LogP contribution is -2.34. The predicted octanol–water partition coefficient (Wildman–Crippen LogP) is 2.91. The molecule has 2 N–H and O–H groups in total. The maximum absolute atomic E-state index is 12.1. The van der Waals surface area contributed by atoms with Crippen LogP contribution < -0.4 is 19.5 Å². The average Bonchev–Trinajstić information content (AvgIpc) is 2.74. The number of methoxy groups -OCH3 is 1. The topological polar surface area (TPSA) is 103 Å². The fourth-order valence-corrected chi connectivity index (χ4v) is 4.19. The van der Waals surface area contributed by atoms with Crippen LogP contribution in [-0.4, -0.2) is 59.6 Å². The fraction of sp³-hybridized carbons (Fsp3) is 0.591. The van der Waals surface area contributed by atoms with E-state index in [0.29, 0.717) is 36.7 Å². The summed E-state index contributed by atoms with van der Waals surface area (Å²) < 4.78 is 43.0. The Hall–Kier alpha value is -1.81. The second-order valence-electron chi connectivity index (χ2n) is 7.43. The van der Waals surface area contributed by atoms with Crippen LogP contribution in [-0.2, 0) is 19.6 Å². The first kappa shape index (κ1) is 28.2. The molecule has 0 aliphatic carbocycles. The van der Waals surface area contributed by atoms with Crippen molar-refractivity contribution < 1.29 is 27.4 Å². The van der Waals surface area contributed by atoms with Gasteiger partial charge in [0.05, 0.1) is 12.4 Å². The van der Waals surface area contributed by atoms with Crippen LogP contribution in [0.5, 0.6) is 11.5 Å². The van der Waals surface area contributed by atoms with E-state index in [1.54, 1.807) is 31.4 Å². The molecule has 182 valence electrons. The molecule has 1 aromatic rings. The van der Waals surface area contributed by atoms with Gasteiger partial charge in [0.25, 0.3) is 5.91 Å². The summed E-state index contributed by atoms with van der Waals surface area (Å²) in [6, 6.07) is 5.36. The molecule has 1 aliphatic heterocycles. The molecule has 2 rings (SSSR count). The number of rotatable bonds is 13. The monoisotopic (exact) mass is 490 g/mol. The molecule has 1 aliphatic rings. The van der Waals surface area contributed by atoms with E-state index in [2.05, 4.69) is 10.0 Å². The molecule has 1 fully saturated rings. The van der Waals surface area contributed by atoms with Gasteiger partial charge in [0.2, 0.25) is 10.0 Å². The van der Waals surface area contributed by atoms with Crippen LogP contribution in [0, 0.1) is 0 Å². The highest BCUT2D eigenvalue weighted by atomic mass is 35.5. The van der Waals surface area contributed by atoms with E-state index in [1.165, 1.54) is 6.08 Å². The molecule has 0 spiro atoms. The Bertz CT molecular complexity index is 826. The Balaban J connectivity index is 0.00000512. The van der Waals surface area contributed by atoms with E-state index in [4.69, 9.17) is 14.2 Å². The van der Waals surface area contributed by atoms with Gasteiger partial charge in [-0.1, -0.05) is 19.8 Å². The smallest absolute Gasteiger partial charge is 0.257 e. The number of nitrogens with one attached hydrogen (secondary N) is 2. The van der Waals surface area contributed by atoms with Crippen molar-refractivity contribution in [1.29, 1.82) is 0 Å².